The van der Waals surface area contributed by atoms with E-state index in [2.05, 4.69) is 16.8 Å². The molecule has 1 unspecified atom stereocenters. The summed E-state index contributed by atoms with van der Waals surface area (Å²) in [5.41, 5.74) is 4.69. The molecule has 5 rings (SSSR count). The third kappa shape index (κ3) is 4.50. The fourth-order valence-corrected chi connectivity index (χ4v) is 5.09. The van der Waals surface area contributed by atoms with Crippen LogP contribution in [-0.4, -0.2) is 39.1 Å². The summed E-state index contributed by atoms with van der Waals surface area (Å²) in [6, 6.07) is 15.6. The Morgan fingerprint density at radius 2 is 1.88 bits per heavy atom. The first kappa shape index (κ1) is 22.8. The van der Waals surface area contributed by atoms with E-state index in [1.54, 1.807) is 6.20 Å². The van der Waals surface area contributed by atoms with Gasteiger partial charge in [0.25, 0.3) is 5.56 Å². The number of halogens is 1. The zero-order valence-corrected chi connectivity index (χ0v) is 20.4. The number of aromatic nitrogens is 3. The minimum Gasteiger partial charge on any atom is -0.303 e. The molecule has 0 N–H and O–H groups in total. The predicted molar refractivity (Wildman–Crippen MR) is 139 cm³/mol. The van der Waals surface area contributed by atoms with Gasteiger partial charge in [-0.2, -0.15) is 0 Å². The van der Waals surface area contributed by atoms with Gasteiger partial charge >= 0.3 is 0 Å². The van der Waals surface area contributed by atoms with Crippen molar-refractivity contribution in [3.8, 4) is 22.5 Å². The van der Waals surface area contributed by atoms with Crippen LogP contribution in [0.4, 0.5) is 0 Å². The van der Waals surface area contributed by atoms with Crippen molar-refractivity contribution in [2.45, 2.75) is 33.2 Å². The zero-order chi connectivity index (χ0) is 23.7. The quantitative estimate of drug-likeness (QED) is 0.367. The second kappa shape index (κ2) is 9.69. The van der Waals surface area contributed by atoms with Gasteiger partial charge in [-0.25, -0.2) is 4.98 Å². The van der Waals surface area contributed by atoms with E-state index >= 15 is 0 Å². The molecule has 1 saturated heterocycles. The van der Waals surface area contributed by atoms with Crippen LogP contribution in [0.25, 0.3) is 33.4 Å². The number of aryl methyl sites for hydroxylation is 1. The van der Waals surface area contributed by atoms with Gasteiger partial charge in [0, 0.05) is 36.1 Å². The Balaban J connectivity index is 1.66. The first-order valence-corrected chi connectivity index (χ1v) is 12.3. The van der Waals surface area contributed by atoms with Crippen molar-refractivity contribution in [2.75, 3.05) is 19.6 Å². The minimum atomic E-state index is 0.00712. The van der Waals surface area contributed by atoms with Crippen molar-refractivity contribution >= 4 is 22.5 Å². The van der Waals surface area contributed by atoms with Gasteiger partial charge in [-0.05, 0) is 85.8 Å². The molecule has 5 nitrogen and oxygen atoms in total. The number of piperidine rings is 1. The standard InChI is InChI=1S/C28H29ClN4O/c1-3-32-14-4-5-20(17-32)18-33-27(25-16-30-13-12-19(25)2)31-26-11-8-22(15-24(26)28(33)34)21-6-9-23(29)10-7-21/h6-13,15-16,20H,3-5,14,17-18H2,1-2H3. The molecule has 6 heteroatoms. The molecule has 1 atom stereocenters. The molecule has 0 aliphatic carbocycles. The van der Waals surface area contributed by atoms with Crippen molar-refractivity contribution in [1.82, 2.24) is 19.4 Å². The van der Waals surface area contributed by atoms with Crippen LogP contribution in [0.5, 0.6) is 0 Å². The molecule has 2 aromatic heterocycles. The van der Waals surface area contributed by atoms with Crippen LogP contribution in [0.3, 0.4) is 0 Å². The number of benzene rings is 2. The van der Waals surface area contributed by atoms with Crippen molar-refractivity contribution in [2.24, 2.45) is 5.92 Å². The molecule has 4 aromatic rings. The molecular weight excluding hydrogens is 444 g/mol. The summed E-state index contributed by atoms with van der Waals surface area (Å²) in [5.74, 6) is 1.12. The normalized spacial score (nSPS) is 16.7. The van der Waals surface area contributed by atoms with Crippen LogP contribution < -0.4 is 5.56 Å². The highest BCUT2D eigenvalue weighted by Crippen LogP contribution is 2.28. The fraction of sp³-hybridized carbons (Fsp3) is 0.321. The van der Waals surface area contributed by atoms with E-state index in [0.29, 0.717) is 34.2 Å². The summed E-state index contributed by atoms with van der Waals surface area (Å²) in [7, 11) is 0. The molecule has 0 saturated carbocycles. The summed E-state index contributed by atoms with van der Waals surface area (Å²) in [4.78, 5) is 25.8. The van der Waals surface area contributed by atoms with Gasteiger partial charge in [0.15, 0.2) is 0 Å². The Labute approximate surface area is 205 Å². The van der Waals surface area contributed by atoms with Crippen molar-refractivity contribution in [1.29, 1.82) is 0 Å². The number of hydrogen-bond donors (Lipinski definition) is 0. The summed E-state index contributed by atoms with van der Waals surface area (Å²) < 4.78 is 1.89. The molecular formula is C28H29ClN4O. The van der Waals surface area contributed by atoms with Crippen LogP contribution in [0.2, 0.25) is 5.02 Å². The lowest BCUT2D eigenvalue weighted by molar-refractivity contribution is 0.169. The Hall–Kier alpha value is -3.02. The predicted octanol–water partition coefficient (Wildman–Crippen LogP) is 5.82. The third-order valence-corrected chi connectivity index (χ3v) is 7.15. The monoisotopic (exact) mass is 472 g/mol. The average molecular weight is 473 g/mol. The number of fused-ring (bicyclic) bond motifs is 1. The maximum Gasteiger partial charge on any atom is 0.261 e. The number of nitrogens with zero attached hydrogens (tertiary/aromatic N) is 4. The van der Waals surface area contributed by atoms with E-state index < -0.39 is 0 Å². The minimum absolute atomic E-state index is 0.00712. The maximum atomic E-state index is 14.0. The molecule has 0 spiro atoms. The second-order valence-corrected chi connectivity index (χ2v) is 9.62. The number of rotatable bonds is 5. The van der Waals surface area contributed by atoms with Crippen molar-refractivity contribution in [3.05, 3.63) is 81.9 Å². The lowest BCUT2D eigenvalue weighted by Crippen LogP contribution is -2.38. The van der Waals surface area contributed by atoms with Gasteiger partial charge in [-0.1, -0.05) is 36.7 Å². The van der Waals surface area contributed by atoms with E-state index in [1.165, 1.54) is 0 Å². The van der Waals surface area contributed by atoms with Gasteiger partial charge in [0.1, 0.15) is 5.82 Å². The Kier molecular flexibility index (Phi) is 6.48. The zero-order valence-electron chi connectivity index (χ0n) is 19.7. The molecule has 34 heavy (non-hydrogen) atoms. The highest BCUT2D eigenvalue weighted by Gasteiger charge is 2.23. The van der Waals surface area contributed by atoms with Crippen LogP contribution in [-0.2, 0) is 6.54 Å². The molecule has 1 fully saturated rings. The Morgan fingerprint density at radius 1 is 1.09 bits per heavy atom. The summed E-state index contributed by atoms with van der Waals surface area (Å²) >= 11 is 6.07. The fourth-order valence-electron chi connectivity index (χ4n) is 4.96. The summed E-state index contributed by atoms with van der Waals surface area (Å²) in [5, 5.41) is 1.33. The molecule has 0 bridgehead atoms. The van der Waals surface area contributed by atoms with Crippen LogP contribution in [0.1, 0.15) is 25.3 Å². The van der Waals surface area contributed by atoms with Gasteiger partial charge in [-0.3, -0.25) is 14.3 Å². The first-order valence-electron chi connectivity index (χ1n) is 12.0. The lowest BCUT2D eigenvalue weighted by Gasteiger charge is -2.32. The van der Waals surface area contributed by atoms with Gasteiger partial charge < -0.3 is 4.90 Å². The molecule has 3 heterocycles. The van der Waals surface area contributed by atoms with Gasteiger partial charge in [-0.15, -0.1) is 0 Å². The highest BCUT2D eigenvalue weighted by molar-refractivity contribution is 6.30. The van der Waals surface area contributed by atoms with Gasteiger partial charge in [0.2, 0.25) is 0 Å². The highest BCUT2D eigenvalue weighted by atomic mass is 35.5. The smallest absolute Gasteiger partial charge is 0.261 e. The molecule has 2 aromatic carbocycles. The van der Waals surface area contributed by atoms with Crippen molar-refractivity contribution < 1.29 is 0 Å². The topological polar surface area (TPSA) is 51.0 Å². The molecule has 0 radical (unpaired) electrons. The molecule has 174 valence electrons. The first-order chi connectivity index (χ1) is 16.5. The second-order valence-electron chi connectivity index (χ2n) is 9.18. The molecule has 1 aliphatic heterocycles. The van der Waals surface area contributed by atoms with E-state index in [0.717, 1.165) is 54.7 Å². The van der Waals surface area contributed by atoms with Crippen molar-refractivity contribution in [3.63, 3.8) is 0 Å². The van der Waals surface area contributed by atoms with E-state index in [1.807, 2.05) is 66.2 Å². The summed E-state index contributed by atoms with van der Waals surface area (Å²) in [6.45, 7) is 8.09. The Bertz CT molecular complexity index is 1380. The number of likely N-dealkylation sites (tertiary alicyclic amines) is 1. The average Bonchev–Trinajstić information content (AvgIpc) is 2.86. The largest absolute Gasteiger partial charge is 0.303 e. The Morgan fingerprint density at radius 3 is 2.65 bits per heavy atom. The number of hydrogen-bond acceptors (Lipinski definition) is 4. The maximum absolute atomic E-state index is 14.0. The van der Waals surface area contributed by atoms with E-state index in [4.69, 9.17) is 16.6 Å². The SMILES string of the molecule is CCN1CCCC(Cn2c(-c3cnccc3C)nc3ccc(-c4ccc(Cl)cc4)cc3c2=O)C1. The molecule has 0 amide bonds. The van der Waals surface area contributed by atoms with E-state index in [-0.39, 0.29) is 5.56 Å². The lowest BCUT2D eigenvalue weighted by atomic mass is 9.97. The van der Waals surface area contributed by atoms with E-state index in [9.17, 15) is 4.79 Å². The summed E-state index contributed by atoms with van der Waals surface area (Å²) in [6.07, 6.45) is 5.88. The van der Waals surface area contributed by atoms with Crippen LogP contribution in [0, 0.1) is 12.8 Å². The third-order valence-electron chi connectivity index (χ3n) is 6.90. The van der Waals surface area contributed by atoms with Crippen LogP contribution >= 0.6 is 11.6 Å². The van der Waals surface area contributed by atoms with Crippen LogP contribution in [0.15, 0.2) is 65.7 Å². The number of pyridine rings is 1. The van der Waals surface area contributed by atoms with Gasteiger partial charge in [0.05, 0.1) is 10.9 Å². The molecule has 1 aliphatic rings.